The van der Waals surface area contributed by atoms with E-state index < -0.39 is 17.5 Å². The fourth-order valence-corrected chi connectivity index (χ4v) is 4.90. The average Bonchev–Trinajstić information content (AvgIpc) is 2.94. The van der Waals surface area contributed by atoms with Crippen molar-refractivity contribution in [3.63, 3.8) is 0 Å². The third kappa shape index (κ3) is 7.10. The number of ether oxygens (including phenoxy) is 3. The van der Waals surface area contributed by atoms with Gasteiger partial charge in [0.05, 0.1) is 12.7 Å². The molecule has 0 unspecified atom stereocenters. The van der Waals surface area contributed by atoms with Crippen LogP contribution < -0.4 is 9.47 Å². The van der Waals surface area contributed by atoms with Gasteiger partial charge in [0.1, 0.15) is 12.4 Å². The van der Waals surface area contributed by atoms with Crippen LogP contribution in [-0.2, 0) is 11.3 Å². The lowest BCUT2D eigenvalue weighted by Gasteiger charge is -2.29. The van der Waals surface area contributed by atoms with Crippen molar-refractivity contribution >= 4 is 0 Å². The monoisotopic (exact) mass is 526 g/mol. The Labute approximate surface area is 223 Å². The molecule has 0 spiro atoms. The summed E-state index contributed by atoms with van der Waals surface area (Å²) in [7, 11) is 0. The molecule has 0 aromatic heterocycles. The van der Waals surface area contributed by atoms with Gasteiger partial charge in [0.15, 0.2) is 23.2 Å². The second kappa shape index (κ2) is 13.7. The molecule has 0 atom stereocenters. The van der Waals surface area contributed by atoms with Gasteiger partial charge in [-0.05, 0) is 85.4 Å². The third-order valence-electron chi connectivity index (χ3n) is 7.11. The first kappa shape index (κ1) is 28.0. The van der Waals surface area contributed by atoms with E-state index in [0.717, 1.165) is 51.6 Å². The molecule has 0 aliphatic heterocycles. The number of rotatable bonds is 12. The van der Waals surface area contributed by atoms with Crippen LogP contribution in [0, 0.1) is 17.5 Å². The van der Waals surface area contributed by atoms with Crippen molar-refractivity contribution in [3.05, 3.63) is 83.2 Å². The maximum Gasteiger partial charge on any atom is 0.166 e. The summed E-state index contributed by atoms with van der Waals surface area (Å²) in [6.07, 6.45) is 6.41. The van der Waals surface area contributed by atoms with Crippen LogP contribution in [0.3, 0.4) is 0 Å². The molecule has 3 nitrogen and oxygen atoms in total. The van der Waals surface area contributed by atoms with Crippen LogP contribution in [0.5, 0.6) is 11.5 Å². The minimum absolute atomic E-state index is 0.0117. The molecular weight excluding hydrogens is 489 g/mol. The highest BCUT2D eigenvalue weighted by atomic mass is 19.2. The van der Waals surface area contributed by atoms with E-state index in [1.807, 2.05) is 0 Å². The molecule has 0 amide bonds. The maximum absolute atomic E-state index is 15.1. The first-order chi connectivity index (χ1) is 18.5. The van der Waals surface area contributed by atoms with Gasteiger partial charge in [-0.2, -0.15) is 0 Å². The van der Waals surface area contributed by atoms with Gasteiger partial charge in [0.25, 0.3) is 0 Å². The number of halogens is 3. The molecule has 0 bridgehead atoms. The molecule has 0 saturated heterocycles. The summed E-state index contributed by atoms with van der Waals surface area (Å²) in [4.78, 5) is 0. The third-order valence-corrected chi connectivity index (χ3v) is 7.11. The summed E-state index contributed by atoms with van der Waals surface area (Å²) < 4.78 is 61.5. The predicted octanol–water partition coefficient (Wildman–Crippen LogP) is 8.98. The molecule has 6 heteroatoms. The Kier molecular flexibility index (Phi) is 10.1. The van der Waals surface area contributed by atoms with Gasteiger partial charge in [-0.3, -0.25) is 0 Å². The van der Waals surface area contributed by atoms with E-state index in [2.05, 4.69) is 13.8 Å². The Morgan fingerprint density at radius 2 is 1.53 bits per heavy atom. The van der Waals surface area contributed by atoms with Crippen LogP contribution in [0.4, 0.5) is 13.2 Å². The van der Waals surface area contributed by atoms with Gasteiger partial charge in [-0.1, -0.05) is 50.6 Å². The average molecular weight is 527 g/mol. The Bertz CT molecular complexity index is 1170. The summed E-state index contributed by atoms with van der Waals surface area (Å²) >= 11 is 0. The Morgan fingerprint density at radius 1 is 0.763 bits per heavy atom. The quantitative estimate of drug-likeness (QED) is 0.220. The van der Waals surface area contributed by atoms with Crippen LogP contribution in [0.1, 0.15) is 75.8 Å². The van der Waals surface area contributed by atoms with Gasteiger partial charge < -0.3 is 14.2 Å². The van der Waals surface area contributed by atoms with Crippen molar-refractivity contribution in [2.45, 2.75) is 77.4 Å². The SMILES string of the molecule is CCCCOc1ccc(COc2ccc(-c3ccc(C4CCC(OCCC)CC4)c(F)c3F)cc2)cc1F. The van der Waals surface area contributed by atoms with Crippen molar-refractivity contribution in [2.75, 3.05) is 13.2 Å². The summed E-state index contributed by atoms with van der Waals surface area (Å²) in [5.74, 6) is -1.20. The van der Waals surface area contributed by atoms with Gasteiger partial charge >= 0.3 is 0 Å². The van der Waals surface area contributed by atoms with Gasteiger partial charge in [-0.15, -0.1) is 0 Å². The van der Waals surface area contributed by atoms with Crippen LogP contribution in [0.2, 0.25) is 0 Å². The van der Waals surface area contributed by atoms with Crippen LogP contribution in [0.25, 0.3) is 11.1 Å². The molecular formula is C32H37F3O3. The standard InChI is InChI=1S/C32H37F3O3/c1-3-5-19-37-30-17-6-22(20-29(30)33)21-38-26-13-9-24(10-14-26)28-16-15-27(31(34)32(28)35)23-7-11-25(12-8-23)36-18-4-2/h6,9-10,13-17,20,23,25H,3-5,7-8,11-12,18-19,21H2,1-2H3. The molecule has 0 radical (unpaired) electrons. The zero-order valence-corrected chi connectivity index (χ0v) is 22.3. The lowest BCUT2D eigenvalue weighted by Crippen LogP contribution is -2.21. The number of benzene rings is 3. The Balaban J connectivity index is 1.36. The van der Waals surface area contributed by atoms with E-state index in [-0.39, 0.29) is 29.9 Å². The lowest BCUT2D eigenvalue weighted by atomic mass is 9.82. The molecule has 1 aliphatic carbocycles. The normalized spacial score (nSPS) is 17.4. The topological polar surface area (TPSA) is 27.7 Å². The second-order valence-electron chi connectivity index (χ2n) is 9.95. The summed E-state index contributed by atoms with van der Waals surface area (Å²) in [5.41, 5.74) is 1.91. The van der Waals surface area contributed by atoms with Crippen molar-refractivity contribution in [1.82, 2.24) is 0 Å². The van der Waals surface area contributed by atoms with E-state index in [0.29, 0.717) is 29.0 Å². The number of hydrogen-bond donors (Lipinski definition) is 0. The first-order valence-electron chi connectivity index (χ1n) is 13.7. The highest BCUT2D eigenvalue weighted by Gasteiger charge is 2.27. The first-order valence-corrected chi connectivity index (χ1v) is 13.7. The van der Waals surface area contributed by atoms with E-state index in [9.17, 15) is 4.39 Å². The summed E-state index contributed by atoms with van der Waals surface area (Å²) in [6.45, 7) is 5.54. The van der Waals surface area contributed by atoms with Crippen molar-refractivity contribution in [3.8, 4) is 22.6 Å². The fourth-order valence-electron chi connectivity index (χ4n) is 4.90. The number of unbranched alkanes of at least 4 members (excludes halogenated alkanes) is 1. The molecule has 1 fully saturated rings. The van der Waals surface area contributed by atoms with Gasteiger partial charge in [0.2, 0.25) is 0 Å². The smallest absolute Gasteiger partial charge is 0.166 e. The zero-order chi connectivity index (χ0) is 26.9. The molecule has 204 valence electrons. The van der Waals surface area contributed by atoms with E-state index in [1.54, 1.807) is 48.5 Å². The minimum Gasteiger partial charge on any atom is -0.491 e. The molecule has 1 saturated carbocycles. The molecule has 1 aliphatic rings. The maximum atomic E-state index is 15.1. The van der Waals surface area contributed by atoms with Crippen molar-refractivity contribution in [2.24, 2.45) is 0 Å². The number of hydrogen-bond acceptors (Lipinski definition) is 3. The second-order valence-corrected chi connectivity index (χ2v) is 9.95. The van der Waals surface area contributed by atoms with Crippen molar-refractivity contribution in [1.29, 1.82) is 0 Å². The minimum atomic E-state index is -0.822. The highest BCUT2D eigenvalue weighted by Crippen LogP contribution is 2.38. The Morgan fingerprint density at radius 3 is 2.21 bits per heavy atom. The molecule has 3 aromatic carbocycles. The van der Waals surface area contributed by atoms with Crippen LogP contribution in [0.15, 0.2) is 54.6 Å². The van der Waals surface area contributed by atoms with E-state index >= 15 is 8.78 Å². The molecule has 4 rings (SSSR count). The van der Waals surface area contributed by atoms with Crippen molar-refractivity contribution < 1.29 is 27.4 Å². The summed E-state index contributed by atoms with van der Waals surface area (Å²) in [6, 6.07) is 15.0. The van der Waals surface area contributed by atoms with Crippen LogP contribution in [-0.4, -0.2) is 19.3 Å². The molecule has 38 heavy (non-hydrogen) atoms. The summed E-state index contributed by atoms with van der Waals surface area (Å²) in [5, 5.41) is 0. The molecule has 0 heterocycles. The highest BCUT2D eigenvalue weighted by molar-refractivity contribution is 5.65. The molecule has 3 aromatic rings. The Hall–Kier alpha value is -2.99. The van der Waals surface area contributed by atoms with E-state index in [4.69, 9.17) is 14.2 Å². The largest absolute Gasteiger partial charge is 0.491 e. The van der Waals surface area contributed by atoms with Gasteiger partial charge in [-0.25, -0.2) is 13.2 Å². The predicted molar refractivity (Wildman–Crippen MR) is 144 cm³/mol. The zero-order valence-electron chi connectivity index (χ0n) is 22.3. The van der Waals surface area contributed by atoms with Gasteiger partial charge in [0, 0.05) is 12.2 Å². The molecule has 0 N–H and O–H groups in total. The fraction of sp³-hybridized carbons (Fsp3) is 0.438. The van der Waals surface area contributed by atoms with E-state index in [1.165, 1.54) is 6.07 Å². The van der Waals surface area contributed by atoms with Crippen LogP contribution >= 0.6 is 0 Å². The lowest BCUT2D eigenvalue weighted by molar-refractivity contribution is 0.0249.